The van der Waals surface area contributed by atoms with Crippen molar-refractivity contribution in [2.45, 2.75) is 62.4 Å². The molecule has 0 unspecified atom stereocenters. The smallest absolute Gasteiger partial charge is 0.258 e. The number of aromatic nitrogens is 3. The third-order valence-corrected chi connectivity index (χ3v) is 6.86. The number of ether oxygens (including phenoxy) is 1. The van der Waals surface area contributed by atoms with Crippen LogP contribution < -0.4 is 10.3 Å². The van der Waals surface area contributed by atoms with E-state index in [1.54, 1.807) is 24.4 Å². The van der Waals surface area contributed by atoms with Crippen molar-refractivity contribution in [2.75, 3.05) is 6.26 Å². The largest absolute Gasteiger partial charge is 0.490 e. The Morgan fingerprint density at radius 1 is 1.09 bits per heavy atom. The molecule has 1 aromatic carbocycles. The fourth-order valence-corrected chi connectivity index (χ4v) is 4.50. The lowest BCUT2D eigenvalue weighted by Gasteiger charge is -2.27. The van der Waals surface area contributed by atoms with Crippen LogP contribution in [0.25, 0.3) is 5.69 Å². The number of hydrogen-bond donors (Lipinski definition) is 0. The maximum Gasteiger partial charge on any atom is 0.258 e. The van der Waals surface area contributed by atoms with Crippen LogP contribution in [-0.4, -0.2) is 35.5 Å². The second kappa shape index (κ2) is 8.90. The van der Waals surface area contributed by atoms with Gasteiger partial charge in [-0.2, -0.15) is 4.98 Å². The standard InChI is InChI=1S/C23H27N3O5S/c1-15(2)22-24-23(31-25-22)16-4-8-18(9-5-16)30-19-12-13-26(21(27)14-19)17-6-10-20(11-7-17)32(3,28)29/h6-7,10-16,18H,4-5,8-9H2,1-3H3/t16-,18+. The van der Waals surface area contributed by atoms with Gasteiger partial charge in [0.1, 0.15) is 5.75 Å². The zero-order valence-electron chi connectivity index (χ0n) is 18.4. The van der Waals surface area contributed by atoms with Crippen molar-refractivity contribution in [1.82, 2.24) is 14.7 Å². The van der Waals surface area contributed by atoms with Gasteiger partial charge < -0.3 is 9.26 Å². The van der Waals surface area contributed by atoms with E-state index in [0.717, 1.165) is 37.8 Å². The van der Waals surface area contributed by atoms with Crippen LogP contribution in [0, 0.1) is 0 Å². The molecule has 0 N–H and O–H groups in total. The first-order chi connectivity index (χ1) is 15.2. The summed E-state index contributed by atoms with van der Waals surface area (Å²) in [6, 6.07) is 9.43. The summed E-state index contributed by atoms with van der Waals surface area (Å²) in [6.45, 7) is 4.08. The van der Waals surface area contributed by atoms with Crippen LogP contribution in [0.1, 0.15) is 63.1 Å². The lowest BCUT2D eigenvalue weighted by atomic mass is 9.87. The average Bonchev–Trinajstić information content (AvgIpc) is 3.25. The fraction of sp³-hybridized carbons (Fsp3) is 0.435. The van der Waals surface area contributed by atoms with Gasteiger partial charge in [0, 0.05) is 36.0 Å². The van der Waals surface area contributed by atoms with Gasteiger partial charge in [0.05, 0.1) is 11.0 Å². The van der Waals surface area contributed by atoms with E-state index in [1.807, 2.05) is 13.8 Å². The van der Waals surface area contributed by atoms with Crippen molar-refractivity contribution in [1.29, 1.82) is 0 Å². The first-order valence-electron chi connectivity index (χ1n) is 10.7. The van der Waals surface area contributed by atoms with Gasteiger partial charge in [-0.3, -0.25) is 9.36 Å². The first-order valence-corrected chi connectivity index (χ1v) is 12.6. The third kappa shape index (κ3) is 4.93. The van der Waals surface area contributed by atoms with E-state index in [2.05, 4.69) is 10.1 Å². The average molecular weight is 458 g/mol. The molecule has 32 heavy (non-hydrogen) atoms. The first kappa shape index (κ1) is 22.3. The van der Waals surface area contributed by atoms with Crippen molar-refractivity contribution >= 4 is 9.84 Å². The van der Waals surface area contributed by atoms with Gasteiger partial charge in [-0.1, -0.05) is 19.0 Å². The second-order valence-electron chi connectivity index (χ2n) is 8.57. The van der Waals surface area contributed by atoms with Crippen LogP contribution >= 0.6 is 0 Å². The molecule has 3 aromatic rings. The predicted octanol–water partition coefficient (Wildman–Crippen LogP) is 3.85. The summed E-state index contributed by atoms with van der Waals surface area (Å²) in [7, 11) is -3.28. The van der Waals surface area contributed by atoms with E-state index in [4.69, 9.17) is 9.26 Å². The van der Waals surface area contributed by atoms with Crippen molar-refractivity contribution in [2.24, 2.45) is 0 Å². The van der Waals surface area contributed by atoms with Gasteiger partial charge >= 0.3 is 0 Å². The number of rotatable bonds is 6. The zero-order chi connectivity index (χ0) is 22.9. The summed E-state index contributed by atoms with van der Waals surface area (Å²) >= 11 is 0. The van der Waals surface area contributed by atoms with E-state index in [-0.39, 0.29) is 28.4 Å². The maximum atomic E-state index is 12.6. The molecule has 9 heteroatoms. The van der Waals surface area contributed by atoms with Crippen LogP contribution in [0.4, 0.5) is 0 Å². The minimum atomic E-state index is -3.28. The maximum absolute atomic E-state index is 12.6. The van der Waals surface area contributed by atoms with Gasteiger partial charge in [0.25, 0.3) is 5.56 Å². The lowest BCUT2D eigenvalue weighted by Crippen LogP contribution is -2.25. The molecule has 8 nitrogen and oxygen atoms in total. The lowest BCUT2D eigenvalue weighted by molar-refractivity contribution is 0.139. The summed E-state index contributed by atoms with van der Waals surface area (Å²) in [5, 5.41) is 4.05. The molecule has 0 bridgehead atoms. The molecule has 2 aromatic heterocycles. The van der Waals surface area contributed by atoms with E-state index < -0.39 is 9.84 Å². The summed E-state index contributed by atoms with van der Waals surface area (Å²) in [5.41, 5.74) is 0.352. The van der Waals surface area contributed by atoms with Gasteiger partial charge in [0.2, 0.25) is 5.89 Å². The number of sulfone groups is 1. The Bertz CT molecular complexity index is 1240. The number of pyridine rings is 1. The number of nitrogens with zero attached hydrogens (tertiary/aromatic N) is 3. The minimum Gasteiger partial charge on any atom is -0.490 e. The number of hydrogen-bond acceptors (Lipinski definition) is 7. The Morgan fingerprint density at radius 3 is 2.34 bits per heavy atom. The molecule has 2 heterocycles. The van der Waals surface area contributed by atoms with Gasteiger partial charge in [-0.15, -0.1) is 0 Å². The molecule has 0 aliphatic heterocycles. The van der Waals surface area contributed by atoms with Crippen LogP contribution in [-0.2, 0) is 9.84 Å². The molecule has 170 valence electrons. The van der Waals surface area contributed by atoms with E-state index in [0.29, 0.717) is 17.3 Å². The predicted molar refractivity (Wildman–Crippen MR) is 119 cm³/mol. The third-order valence-electron chi connectivity index (χ3n) is 5.73. The Balaban J connectivity index is 1.38. The molecule has 0 atom stereocenters. The molecule has 0 radical (unpaired) electrons. The molecule has 1 saturated carbocycles. The molecule has 4 rings (SSSR count). The van der Waals surface area contributed by atoms with Crippen LogP contribution in [0.5, 0.6) is 5.75 Å². The molecule has 0 spiro atoms. The Kier molecular flexibility index (Phi) is 6.19. The normalized spacial score (nSPS) is 19.2. The van der Waals surface area contributed by atoms with Crippen LogP contribution in [0.15, 0.2) is 56.8 Å². The zero-order valence-corrected chi connectivity index (χ0v) is 19.2. The molecule has 1 fully saturated rings. The van der Waals surface area contributed by atoms with Gasteiger partial charge in [-0.05, 0) is 56.0 Å². The minimum absolute atomic E-state index is 0.0306. The van der Waals surface area contributed by atoms with Crippen LogP contribution in [0.2, 0.25) is 0 Å². The Morgan fingerprint density at radius 2 is 1.78 bits per heavy atom. The van der Waals surface area contributed by atoms with Gasteiger partial charge in [0.15, 0.2) is 15.7 Å². The quantitative estimate of drug-likeness (QED) is 0.554. The Labute approximate surface area is 187 Å². The monoisotopic (exact) mass is 457 g/mol. The molecule has 1 aliphatic rings. The molecular formula is C23H27N3O5S. The molecule has 1 aliphatic carbocycles. The summed E-state index contributed by atoms with van der Waals surface area (Å²) in [4.78, 5) is 17.3. The SMILES string of the molecule is CC(C)c1noc([C@H]2CC[C@@H](Oc3ccn(-c4ccc(S(C)(=O)=O)cc4)c(=O)c3)CC2)n1. The second-order valence-corrected chi connectivity index (χ2v) is 10.6. The van der Waals surface area contributed by atoms with Crippen LogP contribution in [0.3, 0.4) is 0 Å². The van der Waals surface area contributed by atoms with E-state index >= 15 is 0 Å². The number of benzene rings is 1. The summed E-state index contributed by atoms with van der Waals surface area (Å²) in [5.74, 6) is 2.47. The van der Waals surface area contributed by atoms with E-state index in [1.165, 1.54) is 22.8 Å². The van der Waals surface area contributed by atoms with Gasteiger partial charge in [-0.25, -0.2) is 8.42 Å². The van der Waals surface area contributed by atoms with Crippen molar-refractivity contribution < 1.29 is 17.7 Å². The topological polar surface area (TPSA) is 104 Å². The van der Waals surface area contributed by atoms with Crippen molar-refractivity contribution in [3.8, 4) is 11.4 Å². The van der Waals surface area contributed by atoms with Crippen molar-refractivity contribution in [3.63, 3.8) is 0 Å². The molecule has 0 saturated heterocycles. The highest BCUT2D eigenvalue weighted by Gasteiger charge is 2.28. The highest BCUT2D eigenvalue weighted by molar-refractivity contribution is 7.90. The summed E-state index contributed by atoms with van der Waals surface area (Å²) in [6.07, 6.45) is 6.31. The Hall–Kier alpha value is -2.94. The molecule has 0 amide bonds. The molecular weight excluding hydrogens is 430 g/mol. The highest BCUT2D eigenvalue weighted by atomic mass is 32.2. The summed E-state index contributed by atoms with van der Waals surface area (Å²) < 4.78 is 36.2. The fourth-order valence-electron chi connectivity index (χ4n) is 3.87. The van der Waals surface area contributed by atoms with Crippen molar-refractivity contribution in [3.05, 3.63) is 64.7 Å². The highest BCUT2D eigenvalue weighted by Crippen LogP contribution is 2.34. The van der Waals surface area contributed by atoms with E-state index in [9.17, 15) is 13.2 Å².